The first-order chi connectivity index (χ1) is 17.2. The summed E-state index contributed by atoms with van der Waals surface area (Å²) < 4.78 is 39.1. The zero-order chi connectivity index (χ0) is 26.3. The zero-order valence-corrected chi connectivity index (χ0v) is 21.6. The predicted molar refractivity (Wildman–Crippen MR) is 139 cm³/mol. The van der Waals surface area contributed by atoms with E-state index in [2.05, 4.69) is 5.32 Å². The van der Waals surface area contributed by atoms with Crippen molar-refractivity contribution in [3.8, 4) is 5.75 Å². The molecule has 3 aromatic carbocycles. The van der Waals surface area contributed by atoms with Crippen LogP contribution in [0.2, 0.25) is 0 Å². The number of carbonyl (C=O) groups excluding carboxylic acids is 2. The van der Waals surface area contributed by atoms with Crippen LogP contribution in [0.4, 0.5) is 11.4 Å². The Labute approximate surface area is 211 Å². The Morgan fingerprint density at radius 2 is 1.61 bits per heavy atom. The van der Waals surface area contributed by atoms with Gasteiger partial charge in [0.2, 0.25) is 5.91 Å². The van der Waals surface area contributed by atoms with E-state index in [1.807, 2.05) is 6.92 Å². The largest absolute Gasteiger partial charge is 0.492 e. The van der Waals surface area contributed by atoms with E-state index in [1.54, 1.807) is 75.4 Å². The molecule has 1 N–H and O–H groups in total. The number of hydrogen-bond acceptors (Lipinski definition) is 6. The third-order valence-corrected chi connectivity index (χ3v) is 7.12. The molecule has 3 rings (SSSR count). The number of para-hydroxylation sites is 2. The van der Waals surface area contributed by atoms with Crippen LogP contribution in [0, 0.1) is 13.8 Å². The van der Waals surface area contributed by atoms with E-state index in [1.165, 1.54) is 12.1 Å². The fourth-order valence-corrected chi connectivity index (χ4v) is 4.97. The maximum Gasteiger partial charge on any atom is 0.338 e. The molecule has 0 saturated heterocycles. The van der Waals surface area contributed by atoms with Gasteiger partial charge in [0, 0.05) is 5.69 Å². The quantitative estimate of drug-likeness (QED) is 0.396. The summed E-state index contributed by atoms with van der Waals surface area (Å²) >= 11 is 0. The number of carbonyl (C=O) groups is 2. The number of anilines is 2. The summed E-state index contributed by atoms with van der Waals surface area (Å²) in [6.07, 6.45) is 0. The van der Waals surface area contributed by atoms with E-state index >= 15 is 0 Å². The van der Waals surface area contributed by atoms with Gasteiger partial charge in [-0.25, -0.2) is 13.2 Å². The second kappa shape index (κ2) is 11.7. The lowest BCUT2D eigenvalue weighted by Gasteiger charge is -2.26. The van der Waals surface area contributed by atoms with Crippen molar-refractivity contribution in [2.75, 3.05) is 29.4 Å². The van der Waals surface area contributed by atoms with E-state index in [0.29, 0.717) is 29.2 Å². The molecular weight excluding hydrogens is 480 g/mol. The Hall–Kier alpha value is -3.85. The normalized spacial score (nSPS) is 11.0. The summed E-state index contributed by atoms with van der Waals surface area (Å²) in [6.45, 7) is 7.22. The highest BCUT2D eigenvalue weighted by Crippen LogP contribution is 2.32. The molecule has 0 fully saturated rings. The van der Waals surface area contributed by atoms with Gasteiger partial charge in [-0.1, -0.05) is 29.8 Å². The van der Waals surface area contributed by atoms with Crippen LogP contribution in [-0.4, -0.2) is 40.1 Å². The third kappa shape index (κ3) is 6.23. The Balaban J connectivity index is 1.94. The van der Waals surface area contributed by atoms with Crippen molar-refractivity contribution in [1.29, 1.82) is 0 Å². The highest BCUT2D eigenvalue weighted by molar-refractivity contribution is 7.92. The van der Waals surface area contributed by atoms with Crippen molar-refractivity contribution in [3.05, 3.63) is 83.4 Å². The van der Waals surface area contributed by atoms with Crippen molar-refractivity contribution in [1.82, 2.24) is 0 Å². The summed E-state index contributed by atoms with van der Waals surface area (Å²) in [5.41, 5.74) is 2.62. The summed E-state index contributed by atoms with van der Waals surface area (Å²) in [4.78, 5) is 25.2. The molecule has 0 heterocycles. The van der Waals surface area contributed by atoms with Gasteiger partial charge >= 0.3 is 5.97 Å². The van der Waals surface area contributed by atoms with Crippen LogP contribution in [0.15, 0.2) is 71.6 Å². The topological polar surface area (TPSA) is 102 Å². The van der Waals surface area contributed by atoms with E-state index in [4.69, 9.17) is 9.47 Å². The Kier molecular flexibility index (Phi) is 8.71. The predicted octanol–water partition coefficient (Wildman–Crippen LogP) is 4.71. The second-order valence-electron chi connectivity index (χ2n) is 8.02. The highest BCUT2D eigenvalue weighted by atomic mass is 32.2. The number of aryl methyl sites for hydroxylation is 2. The maximum absolute atomic E-state index is 13.7. The fraction of sp³-hybridized carbons (Fsp3) is 0.259. The van der Waals surface area contributed by atoms with E-state index in [-0.39, 0.29) is 17.2 Å². The van der Waals surface area contributed by atoms with E-state index < -0.39 is 28.4 Å². The molecule has 9 heteroatoms. The summed E-state index contributed by atoms with van der Waals surface area (Å²) in [5.74, 6) is -0.663. The number of benzene rings is 3. The lowest BCUT2D eigenvalue weighted by molar-refractivity contribution is -0.114. The molecule has 0 atom stereocenters. The van der Waals surface area contributed by atoms with Gasteiger partial charge in [0.25, 0.3) is 10.0 Å². The van der Waals surface area contributed by atoms with Crippen LogP contribution in [0.1, 0.15) is 35.3 Å². The molecule has 0 spiro atoms. The van der Waals surface area contributed by atoms with Crippen molar-refractivity contribution in [3.63, 3.8) is 0 Å². The number of hydrogen-bond donors (Lipinski definition) is 1. The number of amides is 1. The Morgan fingerprint density at radius 1 is 0.917 bits per heavy atom. The van der Waals surface area contributed by atoms with Crippen LogP contribution in [-0.2, 0) is 19.6 Å². The van der Waals surface area contributed by atoms with Crippen LogP contribution in [0.3, 0.4) is 0 Å². The van der Waals surface area contributed by atoms with Crippen molar-refractivity contribution in [2.24, 2.45) is 0 Å². The van der Waals surface area contributed by atoms with Gasteiger partial charge in [0.15, 0.2) is 0 Å². The van der Waals surface area contributed by atoms with Crippen molar-refractivity contribution >= 4 is 33.3 Å². The van der Waals surface area contributed by atoms with Gasteiger partial charge < -0.3 is 14.8 Å². The molecule has 3 aromatic rings. The number of nitrogens with zero attached hydrogens (tertiary/aromatic N) is 1. The zero-order valence-electron chi connectivity index (χ0n) is 20.8. The molecule has 190 valence electrons. The minimum absolute atomic E-state index is 0.0576. The average Bonchev–Trinajstić information content (AvgIpc) is 2.85. The van der Waals surface area contributed by atoms with Crippen LogP contribution >= 0.6 is 0 Å². The summed E-state index contributed by atoms with van der Waals surface area (Å²) in [6, 6.07) is 17.9. The number of sulfonamides is 1. The highest BCUT2D eigenvalue weighted by Gasteiger charge is 2.29. The molecular formula is C27H30N2O6S. The summed E-state index contributed by atoms with van der Waals surface area (Å²) in [7, 11) is -4.10. The second-order valence-corrected chi connectivity index (χ2v) is 9.89. The van der Waals surface area contributed by atoms with Gasteiger partial charge in [-0.3, -0.25) is 9.10 Å². The van der Waals surface area contributed by atoms with Crippen LogP contribution in [0.5, 0.6) is 5.75 Å². The third-order valence-electron chi connectivity index (χ3n) is 5.34. The number of esters is 1. The van der Waals surface area contributed by atoms with E-state index in [9.17, 15) is 18.0 Å². The minimum Gasteiger partial charge on any atom is -0.492 e. The van der Waals surface area contributed by atoms with Crippen molar-refractivity contribution < 1.29 is 27.5 Å². The smallest absolute Gasteiger partial charge is 0.338 e. The van der Waals surface area contributed by atoms with Crippen LogP contribution < -0.4 is 14.4 Å². The molecule has 0 unspecified atom stereocenters. The molecule has 8 nitrogen and oxygen atoms in total. The molecule has 0 aliphatic rings. The maximum atomic E-state index is 13.7. The lowest BCUT2D eigenvalue weighted by Crippen LogP contribution is -2.38. The van der Waals surface area contributed by atoms with Crippen LogP contribution in [0.25, 0.3) is 0 Å². The standard InChI is InChI=1S/C27H30N2O6S/c1-5-34-25-10-8-7-9-24(25)29(36(32,33)22-14-11-19(3)12-15-22)18-26(30)28-23-16-13-21(17-20(23)4)27(31)35-6-2/h7-17H,5-6,18H2,1-4H3,(H,28,30). The molecule has 36 heavy (non-hydrogen) atoms. The SMILES string of the molecule is CCOC(=O)c1ccc(NC(=O)CN(c2ccccc2OCC)S(=O)(=O)c2ccc(C)cc2)c(C)c1. The molecule has 0 saturated carbocycles. The van der Waals surface area contributed by atoms with Crippen molar-refractivity contribution in [2.45, 2.75) is 32.6 Å². The number of rotatable bonds is 10. The monoisotopic (exact) mass is 510 g/mol. The fourth-order valence-electron chi connectivity index (χ4n) is 3.54. The summed E-state index contributed by atoms with van der Waals surface area (Å²) in [5, 5.41) is 2.75. The first-order valence-electron chi connectivity index (χ1n) is 11.6. The van der Waals surface area contributed by atoms with E-state index in [0.717, 1.165) is 9.87 Å². The molecule has 0 radical (unpaired) electrons. The van der Waals surface area contributed by atoms with Gasteiger partial charge in [-0.05, 0) is 75.7 Å². The average molecular weight is 511 g/mol. The molecule has 1 amide bonds. The Morgan fingerprint density at radius 3 is 2.25 bits per heavy atom. The minimum atomic E-state index is -4.10. The molecule has 0 aromatic heterocycles. The lowest BCUT2D eigenvalue weighted by atomic mass is 10.1. The van der Waals surface area contributed by atoms with Gasteiger partial charge in [0.05, 0.1) is 29.4 Å². The first kappa shape index (κ1) is 26.7. The molecule has 0 aliphatic heterocycles. The van der Waals surface area contributed by atoms with Gasteiger partial charge in [-0.15, -0.1) is 0 Å². The van der Waals surface area contributed by atoms with Gasteiger partial charge in [-0.2, -0.15) is 0 Å². The number of nitrogens with one attached hydrogen (secondary N) is 1. The number of ether oxygens (including phenoxy) is 2. The molecule has 0 bridgehead atoms. The van der Waals surface area contributed by atoms with Gasteiger partial charge in [0.1, 0.15) is 12.3 Å². The molecule has 0 aliphatic carbocycles. The Bertz CT molecular complexity index is 1340. The first-order valence-corrected chi connectivity index (χ1v) is 13.0.